The lowest BCUT2D eigenvalue weighted by Crippen LogP contribution is -2.27. The lowest BCUT2D eigenvalue weighted by Gasteiger charge is -2.15. The molecule has 0 amide bonds. The summed E-state index contributed by atoms with van der Waals surface area (Å²) in [6.45, 7) is 11.7. The molecule has 0 aromatic rings. The summed E-state index contributed by atoms with van der Waals surface area (Å²) in [5, 5.41) is 0.836. The highest BCUT2D eigenvalue weighted by Crippen LogP contribution is 2.12. The molecule has 0 saturated carbocycles. The normalized spacial score (nSPS) is 11.1. The van der Waals surface area contributed by atoms with Crippen molar-refractivity contribution in [2.75, 3.05) is 0 Å². The molecule has 0 unspecified atom stereocenters. The van der Waals surface area contributed by atoms with Crippen LogP contribution in [0.2, 0.25) is 19.6 Å². The molecule has 0 aromatic heterocycles. The molecule has 0 saturated heterocycles. The van der Waals surface area contributed by atoms with Crippen molar-refractivity contribution in [1.82, 2.24) is 0 Å². The van der Waals surface area contributed by atoms with Gasteiger partial charge in [0, 0.05) is 0 Å². The van der Waals surface area contributed by atoms with E-state index in [0.29, 0.717) is 0 Å². The zero-order chi connectivity index (χ0) is 7.65. The summed E-state index contributed by atoms with van der Waals surface area (Å²) in [6.07, 6.45) is 0. The minimum Gasteiger partial charge on any atom is -0.295 e. The van der Waals surface area contributed by atoms with Crippen LogP contribution in [0, 0.1) is 0 Å². The zero-order valence-electron chi connectivity index (χ0n) is 6.62. The van der Waals surface area contributed by atoms with Crippen molar-refractivity contribution in [3.05, 3.63) is 11.8 Å². The first-order valence-corrected chi connectivity index (χ1v) is 6.56. The molecule has 9 heavy (non-hydrogen) atoms. The number of ketones is 1. The van der Waals surface area contributed by atoms with Gasteiger partial charge in [-0.15, -0.1) is 0 Å². The number of Topliss-reactive ketones (excluding diaryl/α,β-unsaturated/α-hetero) is 1. The Kier molecular flexibility index (Phi) is 2.37. The van der Waals surface area contributed by atoms with Gasteiger partial charge in [0.25, 0.3) is 0 Å². The average Bonchev–Trinajstić information content (AvgIpc) is 1.62. The van der Waals surface area contributed by atoms with E-state index in [1.807, 2.05) is 0 Å². The molecule has 0 N–H and O–H groups in total. The molecular weight excluding hydrogens is 128 g/mol. The van der Waals surface area contributed by atoms with Crippen LogP contribution >= 0.6 is 0 Å². The summed E-state index contributed by atoms with van der Waals surface area (Å²) in [5.74, 6) is 0.147. The molecular formula is C7H14OSi. The van der Waals surface area contributed by atoms with Crippen molar-refractivity contribution < 1.29 is 4.79 Å². The van der Waals surface area contributed by atoms with Gasteiger partial charge in [-0.3, -0.25) is 4.79 Å². The second-order valence-electron chi connectivity index (χ2n) is 3.28. The second kappa shape index (κ2) is 2.48. The van der Waals surface area contributed by atoms with Gasteiger partial charge in [-0.1, -0.05) is 26.2 Å². The fourth-order valence-electron chi connectivity index (χ4n) is 0.528. The van der Waals surface area contributed by atoms with Crippen molar-refractivity contribution in [3.63, 3.8) is 0 Å². The van der Waals surface area contributed by atoms with E-state index in [1.165, 1.54) is 0 Å². The molecule has 1 nitrogen and oxygen atoms in total. The average molecular weight is 142 g/mol. The van der Waals surface area contributed by atoms with E-state index in [2.05, 4.69) is 26.2 Å². The number of hydrogen-bond acceptors (Lipinski definition) is 1. The highest BCUT2D eigenvalue weighted by Gasteiger charge is 2.20. The fourth-order valence-corrected chi connectivity index (χ4v) is 1.58. The maximum absolute atomic E-state index is 10.7. The molecule has 0 aliphatic carbocycles. The largest absolute Gasteiger partial charge is 0.295 e. The Morgan fingerprint density at radius 1 is 1.33 bits per heavy atom. The monoisotopic (exact) mass is 142 g/mol. The number of hydrogen-bond donors (Lipinski definition) is 0. The lowest BCUT2D eigenvalue weighted by atomic mass is 10.4. The van der Waals surface area contributed by atoms with Crippen molar-refractivity contribution >= 4 is 13.9 Å². The molecule has 0 aliphatic heterocycles. The van der Waals surface area contributed by atoms with Crippen LogP contribution < -0.4 is 0 Å². The van der Waals surface area contributed by atoms with Crippen LogP contribution in [0.3, 0.4) is 0 Å². The maximum atomic E-state index is 10.7. The summed E-state index contributed by atoms with van der Waals surface area (Å²) in [5.41, 5.74) is 0. The maximum Gasteiger partial charge on any atom is 0.151 e. The van der Waals surface area contributed by atoms with Crippen LogP contribution in [0.5, 0.6) is 0 Å². The van der Waals surface area contributed by atoms with E-state index in [1.54, 1.807) is 6.92 Å². The van der Waals surface area contributed by atoms with E-state index in [0.717, 1.165) is 5.20 Å². The Hall–Kier alpha value is -0.373. The topological polar surface area (TPSA) is 17.1 Å². The Labute approximate surface area is 57.8 Å². The highest BCUT2D eigenvalue weighted by molar-refractivity contribution is 6.87. The van der Waals surface area contributed by atoms with Gasteiger partial charge in [-0.05, 0) is 12.1 Å². The summed E-state index contributed by atoms with van der Waals surface area (Å²) in [6, 6.07) is 0. The summed E-state index contributed by atoms with van der Waals surface area (Å²) >= 11 is 0. The third-order valence-corrected chi connectivity index (χ3v) is 3.49. The van der Waals surface area contributed by atoms with Crippen molar-refractivity contribution in [2.24, 2.45) is 0 Å². The second-order valence-corrected chi connectivity index (χ2v) is 8.39. The molecule has 0 bridgehead atoms. The van der Waals surface area contributed by atoms with Crippen LogP contribution in [-0.4, -0.2) is 13.9 Å². The molecule has 0 radical (unpaired) electrons. The first-order chi connectivity index (χ1) is 3.85. The molecule has 0 fully saturated rings. The Bertz CT molecular complexity index is 141. The molecule has 0 heterocycles. The predicted octanol–water partition coefficient (Wildman–Crippen LogP) is 2.01. The fraction of sp³-hybridized carbons (Fsp3) is 0.571. The minimum atomic E-state index is -1.37. The van der Waals surface area contributed by atoms with E-state index in [4.69, 9.17) is 0 Å². The Morgan fingerprint density at radius 2 is 1.67 bits per heavy atom. The summed E-state index contributed by atoms with van der Waals surface area (Å²) in [7, 11) is -1.37. The van der Waals surface area contributed by atoms with E-state index >= 15 is 0 Å². The molecule has 0 spiro atoms. The van der Waals surface area contributed by atoms with Crippen LogP contribution in [0.25, 0.3) is 0 Å². The molecule has 0 rings (SSSR count). The third kappa shape index (κ3) is 2.61. The van der Waals surface area contributed by atoms with Gasteiger partial charge in [0.2, 0.25) is 0 Å². The molecule has 2 heteroatoms. The standard InChI is InChI=1S/C7H14OSi/c1-6(8)7(2)9(3,4)5/h2H2,1,3-5H3. The van der Waals surface area contributed by atoms with E-state index < -0.39 is 8.07 Å². The summed E-state index contributed by atoms with van der Waals surface area (Å²) < 4.78 is 0. The molecule has 52 valence electrons. The van der Waals surface area contributed by atoms with Crippen molar-refractivity contribution in [1.29, 1.82) is 0 Å². The van der Waals surface area contributed by atoms with Gasteiger partial charge in [0.05, 0.1) is 8.07 Å². The minimum absolute atomic E-state index is 0.147. The Balaban J connectivity index is 4.23. The molecule has 0 aliphatic rings. The van der Waals surface area contributed by atoms with Crippen molar-refractivity contribution in [2.45, 2.75) is 26.6 Å². The SMILES string of the molecule is C=C(C(C)=O)[Si](C)(C)C. The van der Waals surface area contributed by atoms with Crippen LogP contribution in [0.1, 0.15) is 6.92 Å². The molecule has 0 atom stereocenters. The van der Waals surface area contributed by atoms with E-state index in [9.17, 15) is 4.79 Å². The Morgan fingerprint density at radius 3 is 1.67 bits per heavy atom. The first kappa shape index (κ1) is 8.63. The lowest BCUT2D eigenvalue weighted by molar-refractivity contribution is -0.113. The smallest absolute Gasteiger partial charge is 0.151 e. The van der Waals surface area contributed by atoms with Gasteiger partial charge < -0.3 is 0 Å². The third-order valence-electron chi connectivity index (χ3n) is 1.33. The summed E-state index contributed by atoms with van der Waals surface area (Å²) in [4.78, 5) is 10.7. The highest BCUT2D eigenvalue weighted by atomic mass is 28.3. The first-order valence-electron chi connectivity index (χ1n) is 3.06. The number of allylic oxidation sites excluding steroid dienone is 1. The van der Waals surface area contributed by atoms with Gasteiger partial charge in [-0.25, -0.2) is 0 Å². The zero-order valence-corrected chi connectivity index (χ0v) is 7.62. The molecule has 0 aromatic carbocycles. The quantitative estimate of drug-likeness (QED) is 0.426. The van der Waals surface area contributed by atoms with Gasteiger partial charge in [0.15, 0.2) is 5.78 Å². The predicted molar refractivity (Wildman–Crippen MR) is 43.2 cm³/mol. The number of rotatable bonds is 2. The number of carbonyl (C=O) groups excluding carboxylic acids is 1. The number of carbonyl (C=O) groups is 1. The van der Waals surface area contributed by atoms with Crippen molar-refractivity contribution in [3.8, 4) is 0 Å². The van der Waals surface area contributed by atoms with E-state index in [-0.39, 0.29) is 5.78 Å². The van der Waals surface area contributed by atoms with Gasteiger partial charge in [0.1, 0.15) is 0 Å². The van der Waals surface area contributed by atoms with Gasteiger partial charge >= 0.3 is 0 Å². The van der Waals surface area contributed by atoms with Gasteiger partial charge in [-0.2, -0.15) is 0 Å². The van der Waals surface area contributed by atoms with Crippen LogP contribution in [0.4, 0.5) is 0 Å². The van der Waals surface area contributed by atoms with Crippen LogP contribution in [0.15, 0.2) is 11.8 Å². The van der Waals surface area contributed by atoms with Crippen LogP contribution in [-0.2, 0) is 4.79 Å².